The van der Waals surface area contributed by atoms with Gasteiger partial charge in [-0.15, -0.1) is 0 Å². The Labute approximate surface area is 108 Å². The first-order valence-corrected chi connectivity index (χ1v) is 6.54. The van der Waals surface area contributed by atoms with Gasteiger partial charge in [0.15, 0.2) is 5.82 Å². The van der Waals surface area contributed by atoms with E-state index in [9.17, 15) is 0 Å². The van der Waals surface area contributed by atoms with E-state index in [1.807, 2.05) is 0 Å². The lowest BCUT2D eigenvalue weighted by molar-refractivity contribution is 0.646. The Kier molecular flexibility index (Phi) is 3.70. The molecule has 96 valence electrons. The van der Waals surface area contributed by atoms with Gasteiger partial charge < -0.3 is 5.73 Å². The Morgan fingerprint density at radius 3 is 2.56 bits per heavy atom. The van der Waals surface area contributed by atoms with Crippen molar-refractivity contribution in [2.75, 3.05) is 5.73 Å². The van der Waals surface area contributed by atoms with Gasteiger partial charge in [0.2, 0.25) is 0 Å². The smallest absolute Gasteiger partial charge is 0.153 e. The summed E-state index contributed by atoms with van der Waals surface area (Å²) in [5, 5.41) is 7.27. The highest BCUT2D eigenvalue weighted by Crippen LogP contribution is 2.34. The van der Waals surface area contributed by atoms with Gasteiger partial charge in [0.25, 0.3) is 0 Å². The summed E-state index contributed by atoms with van der Waals surface area (Å²) in [6.45, 7) is 6.50. The summed E-state index contributed by atoms with van der Waals surface area (Å²) in [4.78, 5) is 0. The second-order valence-electron chi connectivity index (χ2n) is 4.95. The summed E-state index contributed by atoms with van der Waals surface area (Å²) >= 11 is 0. The Morgan fingerprint density at radius 2 is 1.94 bits per heavy atom. The highest BCUT2D eigenvalue weighted by molar-refractivity contribution is 5.76. The van der Waals surface area contributed by atoms with E-state index in [1.54, 1.807) is 0 Å². The molecule has 1 unspecified atom stereocenters. The molecule has 1 aromatic heterocycles. The van der Waals surface area contributed by atoms with E-state index in [2.05, 4.69) is 55.2 Å². The number of rotatable bonds is 4. The van der Waals surface area contributed by atoms with Crippen LogP contribution in [-0.2, 0) is 0 Å². The average molecular weight is 243 g/mol. The van der Waals surface area contributed by atoms with Crippen LogP contribution in [0.1, 0.15) is 43.9 Å². The topological polar surface area (TPSA) is 54.7 Å². The lowest BCUT2D eigenvalue weighted by Gasteiger charge is -2.11. The van der Waals surface area contributed by atoms with Crippen LogP contribution in [0.25, 0.3) is 11.1 Å². The number of benzene rings is 1. The van der Waals surface area contributed by atoms with E-state index < -0.39 is 0 Å². The van der Waals surface area contributed by atoms with Gasteiger partial charge in [-0.3, -0.25) is 5.10 Å². The largest absolute Gasteiger partial charge is 0.382 e. The van der Waals surface area contributed by atoms with Gasteiger partial charge in [-0.2, -0.15) is 5.10 Å². The summed E-state index contributed by atoms with van der Waals surface area (Å²) in [5.41, 5.74) is 10.6. The van der Waals surface area contributed by atoms with Gasteiger partial charge in [0.1, 0.15) is 0 Å². The molecule has 18 heavy (non-hydrogen) atoms. The maximum atomic E-state index is 6.00. The number of anilines is 1. The molecule has 1 aromatic carbocycles. The SMILES string of the molecule is CCCC(C)c1[nH]nc(N)c1-c1ccc(C)cc1. The highest BCUT2D eigenvalue weighted by atomic mass is 15.2. The highest BCUT2D eigenvalue weighted by Gasteiger charge is 2.17. The fraction of sp³-hybridized carbons (Fsp3) is 0.400. The third-order valence-electron chi connectivity index (χ3n) is 3.38. The molecule has 2 aromatic rings. The Bertz CT molecular complexity index is 511. The second-order valence-corrected chi connectivity index (χ2v) is 4.95. The van der Waals surface area contributed by atoms with Crippen LogP contribution in [0.15, 0.2) is 24.3 Å². The van der Waals surface area contributed by atoms with Crippen LogP contribution < -0.4 is 5.73 Å². The third kappa shape index (κ3) is 2.40. The van der Waals surface area contributed by atoms with E-state index in [-0.39, 0.29) is 0 Å². The lowest BCUT2D eigenvalue weighted by atomic mass is 9.94. The molecule has 1 heterocycles. The summed E-state index contributed by atoms with van der Waals surface area (Å²) in [6, 6.07) is 8.43. The maximum absolute atomic E-state index is 6.00. The van der Waals surface area contributed by atoms with Crippen molar-refractivity contribution in [2.45, 2.75) is 39.5 Å². The van der Waals surface area contributed by atoms with Crippen LogP contribution in [0.4, 0.5) is 5.82 Å². The van der Waals surface area contributed by atoms with Crippen molar-refractivity contribution in [1.29, 1.82) is 0 Å². The van der Waals surface area contributed by atoms with E-state index in [4.69, 9.17) is 5.73 Å². The summed E-state index contributed by atoms with van der Waals surface area (Å²) in [5.74, 6) is 1.05. The molecule has 0 aliphatic carbocycles. The summed E-state index contributed by atoms with van der Waals surface area (Å²) < 4.78 is 0. The van der Waals surface area contributed by atoms with Crippen molar-refractivity contribution in [3.05, 3.63) is 35.5 Å². The number of aryl methyl sites for hydroxylation is 1. The molecule has 0 radical (unpaired) electrons. The molecule has 0 spiro atoms. The first kappa shape index (κ1) is 12.7. The molecular formula is C15H21N3. The predicted octanol–water partition coefficient (Wildman–Crippen LogP) is 3.87. The van der Waals surface area contributed by atoms with Crippen LogP contribution in [0.3, 0.4) is 0 Å². The van der Waals surface area contributed by atoms with Crippen molar-refractivity contribution in [1.82, 2.24) is 10.2 Å². The van der Waals surface area contributed by atoms with E-state index in [0.29, 0.717) is 11.7 Å². The molecule has 3 heteroatoms. The molecule has 3 nitrogen and oxygen atoms in total. The Balaban J connectivity index is 2.43. The average Bonchev–Trinajstić information content (AvgIpc) is 2.73. The number of nitrogens with two attached hydrogens (primary N) is 1. The lowest BCUT2D eigenvalue weighted by Crippen LogP contribution is -1.97. The van der Waals surface area contributed by atoms with Crippen LogP contribution in [0.2, 0.25) is 0 Å². The van der Waals surface area contributed by atoms with Crippen molar-refractivity contribution in [3.63, 3.8) is 0 Å². The summed E-state index contributed by atoms with van der Waals surface area (Å²) in [7, 11) is 0. The molecule has 0 aliphatic rings. The van der Waals surface area contributed by atoms with Gasteiger partial charge in [-0.1, -0.05) is 50.1 Å². The van der Waals surface area contributed by atoms with Gasteiger partial charge in [0.05, 0.1) is 0 Å². The molecule has 0 fully saturated rings. The molecule has 3 N–H and O–H groups in total. The van der Waals surface area contributed by atoms with Crippen LogP contribution in [0, 0.1) is 6.92 Å². The number of hydrogen-bond acceptors (Lipinski definition) is 2. The first-order chi connectivity index (χ1) is 8.63. The number of nitrogen functional groups attached to an aromatic ring is 1. The Hall–Kier alpha value is -1.77. The molecule has 0 saturated heterocycles. The third-order valence-corrected chi connectivity index (χ3v) is 3.38. The van der Waals surface area contributed by atoms with Crippen LogP contribution in [0.5, 0.6) is 0 Å². The minimum Gasteiger partial charge on any atom is -0.382 e. The van der Waals surface area contributed by atoms with Crippen molar-refractivity contribution < 1.29 is 0 Å². The van der Waals surface area contributed by atoms with Crippen molar-refractivity contribution in [2.24, 2.45) is 0 Å². The van der Waals surface area contributed by atoms with E-state index in [1.165, 1.54) is 5.56 Å². The van der Waals surface area contributed by atoms with Gasteiger partial charge >= 0.3 is 0 Å². The van der Waals surface area contributed by atoms with Crippen LogP contribution >= 0.6 is 0 Å². The number of hydrogen-bond donors (Lipinski definition) is 2. The minimum absolute atomic E-state index is 0.455. The van der Waals surface area contributed by atoms with E-state index >= 15 is 0 Å². The van der Waals surface area contributed by atoms with Gasteiger partial charge in [-0.25, -0.2) is 0 Å². The minimum atomic E-state index is 0.455. The fourth-order valence-corrected chi connectivity index (χ4v) is 2.33. The number of H-pyrrole nitrogens is 1. The van der Waals surface area contributed by atoms with Crippen LogP contribution in [-0.4, -0.2) is 10.2 Å². The van der Waals surface area contributed by atoms with Crippen molar-refractivity contribution >= 4 is 5.82 Å². The molecule has 0 saturated carbocycles. The maximum Gasteiger partial charge on any atom is 0.153 e. The van der Waals surface area contributed by atoms with Gasteiger partial charge in [0, 0.05) is 11.3 Å². The first-order valence-electron chi connectivity index (χ1n) is 6.54. The standard InChI is InChI=1S/C15H21N3/c1-4-5-11(3)14-13(15(16)18-17-14)12-8-6-10(2)7-9-12/h6-9,11H,4-5H2,1-3H3,(H3,16,17,18). The predicted molar refractivity (Wildman–Crippen MR) is 76.5 cm³/mol. The second kappa shape index (κ2) is 5.25. The number of aromatic amines is 1. The van der Waals surface area contributed by atoms with E-state index in [0.717, 1.165) is 29.7 Å². The Morgan fingerprint density at radius 1 is 1.28 bits per heavy atom. The zero-order chi connectivity index (χ0) is 13.1. The fourth-order valence-electron chi connectivity index (χ4n) is 2.33. The quantitative estimate of drug-likeness (QED) is 0.856. The molecule has 1 atom stereocenters. The molecular weight excluding hydrogens is 222 g/mol. The zero-order valence-corrected chi connectivity index (χ0v) is 11.3. The number of nitrogens with zero attached hydrogens (tertiary/aromatic N) is 1. The summed E-state index contributed by atoms with van der Waals surface area (Å²) in [6.07, 6.45) is 2.30. The number of nitrogens with one attached hydrogen (secondary N) is 1. The molecule has 0 amide bonds. The monoisotopic (exact) mass is 243 g/mol. The molecule has 0 bridgehead atoms. The molecule has 2 rings (SSSR count). The number of aromatic nitrogens is 2. The normalized spacial score (nSPS) is 12.6. The van der Waals surface area contributed by atoms with Crippen molar-refractivity contribution in [3.8, 4) is 11.1 Å². The molecule has 0 aliphatic heterocycles. The zero-order valence-electron chi connectivity index (χ0n) is 11.3. The van der Waals surface area contributed by atoms with Gasteiger partial charge in [-0.05, 0) is 24.8 Å².